The SMILES string of the molecule is O=C1C(=O)N(CCc2ccccc2)C(c2ccccc2Cl)C1=C(O)c1ccccc1. The summed E-state index contributed by atoms with van der Waals surface area (Å²) in [7, 11) is 0. The zero-order valence-electron chi connectivity index (χ0n) is 16.2. The maximum absolute atomic E-state index is 13.0. The number of hydrogen-bond donors (Lipinski definition) is 1. The lowest BCUT2D eigenvalue weighted by Crippen LogP contribution is -2.31. The van der Waals surface area contributed by atoms with Gasteiger partial charge in [-0.15, -0.1) is 0 Å². The van der Waals surface area contributed by atoms with E-state index in [9.17, 15) is 14.7 Å². The normalized spacial score (nSPS) is 18.0. The molecule has 3 aromatic carbocycles. The fourth-order valence-corrected chi connectivity index (χ4v) is 4.02. The topological polar surface area (TPSA) is 57.6 Å². The van der Waals surface area contributed by atoms with Gasteiger partial charge in [-0.2, -0.15) is 0 Å². The van der Waals surface area contributed by atoms with E-state index in [1.165, 1.54) is 4.90 Å². The van der Waals surface area contributed by atoms with E-state index >= 15 is 0 Å². The smallest absolute Gasteiger partial charge is 0.295 e. The molecule has 1 saturated heterocycles. The van der Waals surface area contributed by atoms with E-state index in [0.29, 0.717) is 29.1 Å². The van der Waals surface area contributed by atoms with Crippen LogP contribution in [0.3, 0.4) is 0 Å². The van der Waals surface area contributed by atoms with Crippen molar-refractivity contribution in [2.24, 2.45) is 0 Å². The van der Waals surface area contributed by atoms with Crippen molar-refractivity contribution in [3.8, 4) is 0 Å². The lowest BCUT2D eigenvalue weighted by atomic mass is 9.95. The molecule has 30 heavy (non-hydrogen) atoms. The summed E-state index contributed by atoms with van der Waals surface area (Å²) >= 11 is 6.44. The van der Waals surface area contributed by atoms with E-state index in [-0.39, 0.29) is 11.3 Å². The Balaban J connectivity index is 1.80. The lowest BCUT2D eigenvalue weighted by molar-refractivity contribution is -0.139. The number of nitrogens with zero attached hydrogens (tertiary/aromatic N) is 1. The third-order valence-corrected chi connectivity index (χ3v) is 5.62. The summed E-state index contributed by atoms with van der Waals surface area (Å²) in [6.45, 7) is 0.329. The highest BCUT2D eigenvalue weighted by atomic mass is 35.5. The van der Waals surface area contributed by atoms with Crippen LogP contribution in [0.5, 0.6) is 0 Å². The monoisotopic (exact) mass is 417 g/mol. The first-order valence-electron chi connectivity index (χ1n) is 9.70. The minimum absolute atomic E-state index is 0.0624. The van der Waals surface area contributed by atoms with Gasteiger partial charge < -0.3 is 10.0 Å². The molecule has 1 amide bonds. The quantitative estimate of drug-likeness (QED) is 0.361. The summed E-state index contributed by atoms with van der Waals surface area (Å²) in [6.07, 6.45) is 0.584. The number of carbonyl (C=O) groups excluding carboxylic acids is 2. The largest absolute Gasteiger partial charge is 0.507 e. The molecular weight excluding hydrogens is 398 g/mol. The van der Waals surface area contributed by atoms with E-state index < -0.39 is 17.7 Å². The van der Waals surface area contributed by atoms with E-state index in [2.05, 4.69) is 0 Å². The van der Waals surface area contributed by atoms with Crippen molar-refractivity contribution in [2.75, 3.05) is 6.54 Å². The van der Waals surface area contributed by atoms with Crippen molar-refractivity contribution in [3.05, 3.63) is 112 Å². The molecular formula is C25H20ClNO3. The zero-order valence-corrected chi connectivity index (χ0v) is 16.9. The summed E-state index contributed by atoms with van der Waals surface area (Å²) in [5.74, 6) is -1.52. The van der Waals surface area contributed by atoms with E-state index in [1.54, 1.807) is 48.5 Å². The number of carbonyl (C=O) groups is 2. The molecule has 3 aromatic rings. The van der Waals surface area contributed by atoms with Crippen LogP contribution in [0.15, 0.2) is 90.5 Å². The van der Waals surface area contributed by atoms with Gasteiger partial charge in [0.05, 0.1) is 11.6 Å². The molecule has 4 nitrogen and oxygen atoms in total. The molecule has 1 atom stereocenters. The predicted octanol–water partition coefficient (Wildman–Crippen LogP) is 5.00. The Morgan fingerprint density at radius 1 is 0.867 bits per heavy atom. The summed E-state index contributed by atoms with van der Waals surface area (Å²) < 4.78 is 0. The van der Waals surface area contributed by atoms with Gasteiger partial charge in [0.2, 0.25) is 0 Å². The van der Waals surface area contributed by atoms with Gasteiger partial charge in [-0.05, 0) is 23.6 Å². The number of halogens is 1. The van der Waals surface area contributed by atoms with Crippen LogP contribution in [0.2, 0.25) is 5.02 Å². The molecule has 0 aliphatic carbocycles. The number of rotatable bonds is 5. The van der Waals surface area contributed by atoms with Crippen LogP contribution < -0.4 is 0 Å². The van der Waals surface area contributed by atoms with Gasteiger partial charge in [0.1, 0.15) is 5.76 Å². The average Bonchev–Trinajstić information content (AvgIpc) is 3.03. The Hall–Kier alpha value is -3.37. The molecule has 1 aliphatic rings. The lowest BCUT2D eigenvalue weighted by Gasteiger charge is -2.26. The van der Waals surface area contributed by atoms with Crippen molar-refractivity contribution in [3.63, 3.8) is 0 Å². The van der Waals surface area contributed by atoms with Crippen LogP contribution in [0, 0.1) is 0 Å². The first kappa shape index (κ1) is 19.9. The summed E-state index contributed by atoms with van der Waals surface area (Å²) in [5.41, 5.74) is 2.22. The summed E-state index contributed by atoms with van der Waals surface area (Å²) in [5, 5.41) is 11.4. The Labute approximate surface area is 180 Å². The number of amides is 1. The number of ketones is 1. The molecule has 1 fully saturated rings. The molecule has 0 saturated carbocycles. The Kier molecular flexibility index (Phi) is 5.68. The molecule has 5 heteroatoms. The third-order valence-electron chi connectivity index (χ3n) is 5.27. The number of aliphatic hydroxyl groups excluding tert-OH is 1. The number of likely N-dealkylation sites (tertiary alicyclic amines) is 1. The van der Waals surface area contributed by atoms with Gasteiger partial charge in [-0.1, -0.05) is 90.5 Å². The van der Waals surface area contributed by atoms with Gasteiger partial charge in [0.25, 0.3) is 11.7 Å². The van der Waals surface area contributed by atoms with E-state index in [1.807, 2.05) is 36.4 Å². The Bertz CT molecular complexity index is 1110. The Morgan fingerprint density at radius 3 is 2.13 bits per heavy atom. The van der Waals surface area contributed by atoms with Gasteiger partial charge >= 0.3 is 0 Å². The first-order valence-corrected chi connectivity index (χ1v) is 10.1. The maximum atomic E-state index is 13.0. The van der Waals surface area contributed by atoms with Crippen molar-refractivity contribution in [1.29, 1.82) is 0 Å². The molecule has 0 spiro atoms. The van der Waals surface area contributed by atoms with Crippen molar-refractivity contribution >= 4 is 29.1 Å². The highest BCUT2D eigenvalue weighted by molar-refractivity contribution is 6.47. The third kappa shape index (κ3) is 3.74. The van der Waals surface area contributed by atoms with Crippen molar-refractivity contribution in [1.82, 2.24) is 4.90 Å². The second kappa shape index (κ2) is 8.56. The molecule has 1 aliphatic heterocycles. The van der Waals surface area contributed by atoms with Gasteiger partial charge in [-0.25, -0.2) is 0 Å². The summed E-state index contributed by atoms with van der Waals surface area (Å²) in [6, 6.07) is 24.9. The minimum Gasteiger partial charge on any atom is -0.507 e. The molecule has 150 valence electrons. The average molecular weight is 418 g/mol. The van der Waals surface area contributed by atoms with Crippen LogP contribution >= 0.6 is 11.6 Å². The molecule has 1 heterocycles. The van der Waals surface area contributed by atoms with Gasteiger partial charge in [0.15, 0.2) is 0 Å². The molecule has 4 rings (SSSR count). The van der Waals surface area contributed by atoms with Crippen LogP contribution in [0.25, 0.3) is 5.76 Å². The van der Waals surface area contributed by atoms with Crippen molar-refractivity contribution in [2.45, 2.75) is 12.5 Å². The first-order chi connectivity index (χ1) is 14.6. The van der Waals surface area contributed by atoms with E-state index in [4.69, 9.17) is 11.6 Å². The standard InChI is InChI=1S/C25H20ClNO3/c26-20-14-8-7-13-19(20)22-21(23(28)18-11-5-2-6-12-18)24(29)25(30)27(22)16-15-17-9-3-1-4-10-17/h1-14,22,28H,15-16H2. The molecule has 1 unspecified atom stereocenters. The number of Topliss-reactive ketones (excluding diaryl/α,β-unsaturated/α-hetero) is 1. The van der Waals surface area contributed by atoms with Crippen LogP contribution in [-0.2, 0) is 16.0 Å². The van der Waals surface area contributed by atoms with Crippen LogP contribution in [0.1, 0.15) is 22.7 Å². The highest BCUT2D eigenvalue weighted by Crippen LogP contribution is 2.41. The van der Waals surface area contributed by atoms with Crippen molar-refractivity contribution < 1.29 is 14.7 Å². The minimum atomic E-state index is -0.748. The van der Waals surface area contributed by atoms with Gasteiger partial charge in [0, 0.05) is 17.1 Å². The van der Waals surface area contributed by atoms with E-state index in [0.717, 1.165) is 5.56 Å². The molecule has 1 N–H and O–H groups in total. The zero-order chi connectivity index (χ0) is 21.1. The predicted molar refractivity (Wildman–Crippen MR) is 117 cm³/mol. The second-order valence-corrected chi connectivity index (χ2v) is 7.52. The fourth-order valence-electron chi connectivity index (χ4n) is 3.78. The van der Waals surface area contributed by atoms with Crippen LogP contribution in [0.4, 0.5) is 0 Å². The fraction of sp³-hybridized carbons (Fsp3) is 0.120. The number of aliphatic hydroxyl groups is 1. The van der Waals surface area contributed by atoms with Gasteiger partial charge in [-0.3, -0.25) is 9.59 Å². The number of benzene rings is 3. The molecule has 0 bridgehead atoms. The summed E-state index contributed by atoms with van der Waals surface area (Å²) in [4.78, 5) is 27.4. The number of hydrogen-bond acceptors (Lipinski definition) is 3. The maximum Gasteiger partial charge on any atom is 0.295 e. The molecule has 0 radical (unpaired) electrons. The highest BCUT2D eigenvalue weighted by Gasteiger charge is 2.46. The molecule has 0 aromatic heterocycles. The Morgan fingerprint density at radius 2 is 1.47 bits per heavy atom. The van der Waals surface area contributed by atoms with Crippen LogP contribution in [-0.4, -0.2) is 28.2 Å². The second-order valence-electron chi connectivity index (χ2n) is 7.12.